The Hall–Kier alpha value is -2.03. The molecule has 2 unspecified atom stereocenters. The van der Waals surface area contributed by atoms with Crippen LogP contribution in [0, 0.1) is 5.82 Å². The Morgan fingerprint density at radius 3 is 2.18 bits per heavy atom. The van der Waals surface area contributed by atoms with Crippen LogP contribution in [0.3, 0.4) is 0 Å². The fourth-order valence-corrected chi connectivity index (χ4v) is 1.96. The lowest BCUT2D eigenvalue weighted by atomic mass is 10.1. The summed E-state index contributed by atoms with van der Waals surface area (Å²) in [6, 6.07) is 7.22. The van der Waals surface area contributed by atoms with Crippen LogP contribution in [0.2, 0.25) is 0 Å². The summed E-state index contributed by atoms with van der Waals surface area (Å²) in [4.78, 5) is 19.5. The minimum absolute atomic E-state index is 0.138. The zero-order chi connectivity index (χ0) is 16.7. The zero-order valence-electron chi connectivity index (χ0n) is 11.6. The molecule has 1 aromatic carbocycles. The fraction of sp³-hybridized carbons (Fsp3) is 0.429. The molecule has 22 heavy (non-hydrogen) atoms. The topological polar surface area (TPSA) is 127 Å². The third kappa shape index (κ3) is 5.40. The second kappa shape index (κ2) is 8.42. The van der Waals surface area contributed by atoms with E-state index in [0.717, 1.165) is 18.5 Å². The van der Waals surface area contributed by atoms with Gasteiger partial charge in [-0.25, -0.2) is 14.0 Å². The summed E-state index contributed by atoms with van der Waals surface area (Å²) in [7, 11) is 0. The average molecular weight is 315 g/mol. The van der Waals surface area contributed by atoms with Gasteiger partial charge in [0.15, 0.2) is 12.2 Å². The molecule has 1 aromatic rings. The molecule has 2 rings (SSSR count). The van der Waals surface area contributed by atoms with E-state index in [0.29, 0.717) is 6.04 Å². The highest BCUT2D eigenvalue weighted by Crippen LogP contribution is 2.22. The van der Waals surface area contributed by atoms with Crippen molar-refractivity contribution in [2.75, 3.05) is 6.54 Å². The van der Waals surface area contributed by atoms with Gasteiger partial charge in [0, 0.05) is 6.04 Å². The van der Waals surface area contributed by atoms with Crippen LogP contribution in [0.4, 0.5) is 4.39 Å². The Bertz CT molecular complexity index is 500. The highest BCUT2D eigenvalue weighted by molar-refractivity contribution is 5.83. The summed E-state index contributed by atoms with van der Waals surface area (Å²) in [5, 5.41) is 35.9. The van der Waals surface area contributed by atoms with Gasteiger partial charge in [-0.05, 0) is 37.1 Å². The number of hydrogen-bond donors (Lipinski definition) is 5. The number of benzene rings is 1. The van der Waals surface area contributed by atoms with Crippen molar-refractivity contribution in [2.45, 2.75) is 31.1 Å². The van der Waals surface area contributed by atoms with Gasteiger partial charge in [-0.3, -0.25) is 0 Å². The van der Waals surface area contributed by atoms with Crippen LogP contribution in [-0.4, -0.2) is 51.1 Å². The third-order valence-electron chi connectivity index (χ3n) is 3.12. The molecule has 0 spiro atoms. The number of aliphatic hydroxyl groups is 2. The Labute approximate surface area is 126 Å². The lowest BCUT2D eigenvalue weighted by Crippen LogP contribution is -2.39. The van der Waals surface area contributed by atoms with E-state index in [1.165, 1.54) is 12.5 Å². The van der Waals surface area contributed by atoms with Gasteiger partial charge in [0.2, 0.25) is 0 Å². The summed E-state index contributed by atoms with van der Waals surface area (Å²) in [6.07, 6.45) is -2.21. The van der Waals surface area contributed by atoms with E-state index in [1.807, 2.05) is 6.07 Å². The first-order valence-electron chi connectivity index (χ1n) is 6.63. The summed E-state index contributed by atoms with van der Waals surface area (Å²) in [5.41, 5.74) is 1.08. The summed E-state index contributed by atoms with van der Waals surface area (Å²) >= 11 is 0. The van der Waals surface area contributed by atoms with Crippen molar-refractivity contribution in [1.82, 2.24) is 5.32 Å². The fourth-order valence-electron chi connectivity index (χ4n) is 1.96. The molecule has 0 saturated carbocycles. The molecule has 1 fully saturated rings. The van der Waals surface area contributed by atoms with Crippen LogP contribution in [0.1, 0.15) is 24.4 Å². The van der Waals surface area contributed by atoms with Crippen molar-refractivity contribution in [3.8, 4) is 0 Å². The van der Waals surface area contributed by atoms with E-state index in [-0.39, 0.29) is 5.82 Å². The van der Waals surface area contributed by atoms with Crippen LogP contribution in [0.25, 0.3) is 0 Å². The maximum atomic E-state index is 12.8. The van der Waals surface area contributed by atoms with Crippen LogP contribution < -0.4 is 5.32 Å². The first kappa shape index (κ1) is 18.0. The zero-order valence-corrected chi connectivity index (χ0v) is 11.6. The van der Waals surface area contributed by atoms with E-state index < -0.39 is 24.1 Å². The number of rotatable bonds is 4. The van der Waals surface area contributed by atoms with Gasteiger partial charge in [-0.2, -0.15) is 0 Å². The van der Waals surface area contributed by atoms with Crippen LogP contribution in [0.15, 0.2) is 24.3 Å². The molecule has 1 heterocycles. The van der Waals surface area contributed by atoms with E-state index >= 15 is 0 Å². The van der Waals surface area contributed by atoms with Crippen molar-refractivity contribution in [2.24, 2.45) is 0 Å². The lowest BCUT2D eigenvalue weighted by molar-refractivity contribution is -0.165. The standard InChI is InChI=1S/C10H12FN.C4H6O6/c11-9-4-1-3-8(7-9)10-5-2-6-12-10;5-1(3(7)8)2(6)4(9)10/h1,3-4,7,10,12H,2,5-6H2;1-2,5-6H,(H,7,8)(H,9,10)/t10-;/m1./s1. The molecule has 7 nitrogen and oxygen atoms in total. The molecule has 1 aliphatic heterocycles. The van der Waals surface area contributed by atoms with Gasteiger partial charge < -0.3 is 25.7 Å². The van der Waals surface area contributed by atoms with Crippen molar-refractivity contribution in [1.29, 1.82) is 0 Å². The number of nitrogens with one attached hydrogen (secondary N) is 1. The molecule has 0 aromatic heterocycles. The molecule has 0 radical (unpaired) electrons. The van der Waals surface area contributed by atoms with Crippen molar-refractivity contribution in [3.63, 3.8) is 0 Å². The first-order valence-corrected chi connectivity index (χ1v) is 6.63. The monoisotopic (exact) mass is 315 g/mol. The summed E-state index contributed by atoms with van der Waals surface area (Å²) < 4.78 is 12.8. The maximum Gasteiger partial charge on any atom is 0.335 e. The number of hydrogen-bond acceptors (Lipinski definition) is 5. The quantitative estimate of drug-likeness (QED) is 0.534. The second-order valence-electron chi connectivity index (χ2n) is 4.77. The Kier molecular flexibility index (Phi) is 6.90. The average Bonchev–Trinajstić information content (AvgIpc) is 3.00. The number of carbonyl (C=O) groups is 2. The normalized spacial score (nSPS) is 19.7. The highest BCUT2D eigenvalue weighted by atomic mass is 19.1. The maximum absolute atomic E-state index is 12.8. The number of carboxylic acid groups (broad SMARTS) is 2. The molecular weight excluding hydrogens is 297 g/mol. The molecule has 122 valence electrons. The molecule has 0 bridgehead atoms. The Morgan fingerprint density at radius 2 is 1.77 bits per heavy atom. The predicted octanol–water partition coefficient (Wildman–Crippen LogP) is 0.128. The Balaban J connectivity index is 0.000000225. The molecule has 5 N–H and O–H groups in total. The van der Waals surface area contributed by atoms with Crippen molar-refractivity contribution in [3.05, 3.63) is 35.6 Å². The molecule has 0 aliphatic carbocycles. The smallest absolute Gasteiger partial charge is 0.335 e. The molecule has 3 atom stereocenters. The predicted molar refractivity (Wildman–Crippen MR) is 73.7 cm³/mol. The number of aliphatic carboxylic acids is 2. The van der Waals surface area contributed by atoms with Crippen LogP contribution in [-0.2, 0) is 9.59 Å². The minimum atomic E-state index is -2.27. The van der Waals surface area contributed by atoms with Crippen LogP contribution >= 0.6 is 0 Å². The highest BCUT2D eigenvalue weighted by Gasteiger charge is 2.29. The van der Waals surface area contributed by atoms with Gasteiger partial charge in [0.25, 0.3) is 0 Å². The summed E-state index contributed by atoms with van der Waals surface area (Å²) in [5.74, 6) is -3.67. The largest absolute Gasteiger partial charge is 0.479 e. The van der Waals surface area contributed by atoms with E-state index in [2.05, 4.69) is 5.32 Å². The lowest BCUT2D eigenvalue weighted by Gasteiger charge is -2.09. The number of carboxylic acids is 2. The molecule has 8 heteroatoms. The first-order chi connectivity index (χ1) is 10.3. The van der Waals surface area contributed by atoms with Gasteiger partial charge in [-0.15, -0.1) is 0 Å². The molecular formula is C14H18FNO6. The number of aliphatic hydroxyl groups excluding tert-OH is 2. The third-order valence-corrected chi connectivity index (χ3v) is 3.12. The van der Waals surface area contributed by atoms with Gasteiger partial charge in [0.1, 0.15) is 5.82 Å². The Morgan fingerprint density at radius 1 is 1.18 bits per heavy atom. The minimum Gasteiger partial charge on any atom is -0.479 e. The van der Waals surface area contributed by atoms with E-state index in [4.69, 9.17) is 20.4 Å². The van der Waals surface area contributed by atoms with Gasteiger partial charge >= 0.3 is 11.9 Å². The number of halogens is 1. The second-order valence-corrected chi connectivity index (χ2v) is 4.77. The van der Waals surface area contributed by atoms with Crippen molar-refractivity contribution >= 4 is 11.9 Å². The van der Waals surface area contributed by atoms with E-state index in [9.17, 15) is 14.0 Å². The summed E-state index contributed by atoms with van der Waals surface area (Å²) in [6.45, 7) is 1.06. The molecule has 1 saturated heterocycles. The van der Waals surface area contributed by atoms with Crippen LogP contribution in [0.5, 0.6) is 0 Å². The van der Waals surface area contributed by atoms with Gasteiger partial charge in [-0.1, -0.05) is 12.1 Å². The van der Waals surface area contributed by atoms with Crippen molar-refractivity contribution < 1.29 is 34.4 Å². The SMILES string of the molecule is Fc1cccc([C@H]2CCCN2)c1.O=C(O)C(O)C(O)C(=O)O. The molecule has 0 amide bonds. The molecule has 1 aliphatic rings. The van der Waals surface area contributed by atoms with Gasteiger partial charge in [0.05, 0.1) is 0 Å². The van der Waals surface area contributed by atoms with E-state index in [1.54, 1.807) is 12.1 Å².